The van der Waals surface area contributed by atoms with E-state index in [1.807, 2.05) is 55.5 Å². The van der Waals surface area contributed by atoms with Crippen molar-refractivity contribution in [3.8, 4) is 5.75 Å². The molecule has 6 nitrogen and oxygen atoms in total. The molecule has 0 aliphatic heterocycles. The van der Waals surface area contributed by atoms with Crippen molar-refractivity contribution in [1.82, 2.24) is 10.7 Å². The van der Waals surface area contributed by atoms with Crippen molar-refractivity contribution in [3.63, 3.8) is 0 Å². The van der Waals surface area contributed by atoms with Gasteiger partial charge in [0.05, 0.1) is 6.21 Å². The molecule has 0 radical (unpaired) electrons. The Balaban J connectivity index is 1.50. The smallest absolute Gasteiger partial charge is 0.329 e. The second-order valence-corrected chi connectivity index (χ2v) is 6.29. The first-order valence-corrected chi connectivity index (χ1v) is 8.52. The number of carbonyl (C=O) groups is 2. The minimum absolute atomic E-state index is 0.139. The molecule has 134 valence electrons. The molecule has 0 unspecified atom stereocenters. The summed E-state index contributed by atoms with van der Waals surface area (Å²) in [6.07, 6.45) is 3.33. The zero-order valence-electron chi connectivity index (χ0n) is 14.6. The molecule has 6 heteroatoms. The number of ether oxygens (including phenoxy) is 1. The third-order valence-corrected chi connectivity index (χ3v) is 3.88. The molecule has 1 saturated carbocycles. The molecule has 2 aromatic rings. The van der Waals surface area contributed by atoms with Crippen molar-refractivity contribution < 1.29 is 14.3 Å². The maximum Gasteiger partial charge on any atom is 0.329 e. The normalized spacial score (nSPS) is 13.4. The zero-order chi connectivity index (χ0) is 18.4. The summed E-state index contributed by atoms with van der Waals surface area (Å²) in [4.78, 5) is 23.1. The monoisotopic (exact) mass is 351 g/mol. The van der Waals surface area contributed by atoms with Crippen LogP contribution < -0.4 is 15.5 Å². The minimum Gasteiger partial charge on any atom is -0.489 e. The van der Waals surface area contributed by atoms with Gasteiger partial charge in [-0.25, -0.2) is 5.43 Å². The lowest BCUT2D eigenvalue weighted by molar-refractivity contribution is -0.139. The Morgan fingerprint density at radius 2 is 1.92 bits per heavy atom. The van der Waals surface area contributed by atoms with Gasteiger partial charge in [-0.3, -0.25) is 9.59 Å². The summed E-state index contributed by atoms with van der Waals surface area (Å²) in [6, 6.07) is 15.6. The van der Waals surface area contributed by atoms with E-state index < -0.39 is 11.8 Å². The Labute approximate surface area is 152 Å². The molecule has 0 heterocycles. The highest BCUT2D eigenvalue weighted by Gasteiger charge is 2.26. The third-order valence-electron chi connectivity index (χ3n) is 3.88. The van der Waals surface area contributed by atoms with Crippen LogP contribution in [0.25, 0.3) is 0 Å². The van der Waals surface area contributed by atoms with Crippen molar-refractivity contribution in [2.75, 3.05) is 0 Å². The van der Waals surface area contributed by atoms with Gasteiger partial charge in [0.1, 0.15) is 12.4 Å². The minimum atomic E-state index is -0.764. The lowest BCUT2D eigenvalue weighted by Crippen LogP contribution is -2.38. The number of hydrogen-bond donors (Lipinski definition) is 2. The van der Waals surface area contributed by atoms with Gasteiger partial charge in [-0.05, 0) is 43.0 Å². The first kappa shape index (κ1) is 17.7. The van der Waals surface area contributed by atoms with E-state index in [1.54, 1.807) is 0 Å². The van der Waals surface area contributed by atoms with E-state index in [1.165, 1.54) is 11.8 Å². The molecule has 1 aliphatic carbocycles. The molecule has 3 rings (SSSR count). The topological polar surface area (TPSA) is 79.8 Å². The average molecular weight is 351 g/mol. The number of hydrazone groups is 1. The van der Waals surface area contributed by atoms with Crippen LogP contribution in [0.5, 0.6) is 5.75 Å². The lowest BCUT2D eigenvalue weighted by Gasteiger charge is -2.07. The first-order valence-electron chi connectivity index (χ1n) is 8.52. The first-order chi connectivity index (χ1) is 12.6. The fourth-order valence-electron chi connectivity index (χ4n) is 2.23. The van der Waals surface area contributed by atoms with Crippen LogP contribution in [0.2, 0.25) is 0 Å². The maximum absolute atomic E-state index is 11.6. The van der Waals surface area contributed by atoms with Crippen LogP contribution in [-0.2, 0) is 16.2 Å². The number of benzene rings is 2. The SMILES string of the molecule is Cc1ccc(COc2cccc(/C=N\NC(=O)C(=O)NC3CC3)c2)cc1. The van der Waals surface area contributed by atoms with Crippen LogP contribution in [0.4, 0.5) is 0 Å². The average Bonchev–Trinajstić information content (AvgIpc) is 3.45. The zero-order valence-corrected chi connectivity index (χ0v) is 14.6. The molecular weight excluding hydrogens is 330 g/mol. The molecule has 0 bridgehead atoms. The molecule has 0 atom stereocenters. The van der Waals surface area contributed by atoms with Crippen molar-refractivity contribution in [2.45, 2.75) is 32.4 Å². The molecule has 1 aliphatic rings. The van der Waals surface area contributed by atoms with Crippen molar-refractivity contribution in [2.24, 2.45) is 5.10 Å². The number of aryl methyl sites for hydroxylation is 1. The molecule has 0 spiro atoms. The Bertz CT molecular complexity index is 811. The molecule has 2 N–H and O–H groups in total. The molecule has 1 fully saturated rings. The quantitative estimate of drug-likeness (QED) is 0.476. The standard InChI is InChI=1S/C20H21N3O3/c1-14-5-7-15(8-6-14)13-26-18-4-2-3-16(11-18)12-21-23-20(25)19(24)22-17-9-10-17/h2-8,11-12,17H,9-10,13H2,1H3,(H,22,24)(H,23,25)/b21-12-. The second-order valence-electron chi connectivity index (χ2n) is 6.29. The van der Waals surface area contributed by atoms with E-state index >= 15 is 0 Å². The van der Waals surface area contributed by atoms with Gasteiger partial charge in [0, 0.05) is 6.04 Å². The number of amides is 2. The summed E-state index contributed by atoms with van der Waals surface area (Å²) < 4.78 is 5.78. The van der Waals surface area contributed by atoms with Gasteiger partial charge in [0.15, 0.2) is 0 Å². The van der Waals surface area contributed by atoms with E-state index in [4.69, 9.17) is 4.74 Å². The fraction of sp³-hybridized carbons (Fsp3) is 0.250. The van der Waals surface area contributed by atoms with Crippen molar-refractivity contribution >= 4 is 18.0 Å². The summed E-state index contributed by atoms with van der Waals surface area (Å²) in [5.74, 6) is -0.716. The lowest BCUT2D eigenvalue weighted by atomic mass is 10.2. The highest BCUT2D eigenvalue weighted by Crippen LogP contribution is 2.18. The Kier molecular flexibility index (Phi) is 5.63. The molecule has 2 amide bonds. The van der Waals surface area contributed by atoms with E-state index in [2.05, 4.69) is 15.8 Å². The number of carbonyl (C=O) groups excluding carboxylic acids is 2. The van der Waals surface area contributed by atoms with Crippen LogP contribution in [0.1, 0.15) is 29.5 Å². The van der Waals surface area contributed by atoms with Crippen LogP contribution in [0.15, 0.2) is 53.6 Å². The number of nitrogens with zero attached hydrogens (tertiary/aromatic N) is 1. The Hall–Kier alpha value is -3.15. The summed E-state index contributed by atoms with van der Waals surface area (Å²) in [6.45, 7) is 2.51. The van der Waals surface area contributed by atoms with Gasteiger partial charge in [0.25, 0.3) is 0 Å². The Morgan fingerprint density at radius 1 is 1.15 bits per heavy atom. The fourth-order valence-corrected chi connectivity index (χ4v) is 2.23. The predicted octanol–water partition coefficient (Wildman–Crippen LogP) is 2.30. The van der Waals surface area contributed by atoms with Gasteiger partial charge in [-0.1, -0.05) is 42.0 Å². The van der Waals surface area contributed by atoms with Crippen molar-refractivity contribution in [3.05, 3.63) is 65.2 Å². The summed E-state index contributed by atoms with van der Waals surface area (Å²) >= 11 is 0. The van der Waals surface area contributed by atoms with Gasteiger partial charge < -0.3 is 10.1 Å². The van der Waals surface area contributed by atoms with E-state index in [0.717, 1.165) is 24.0 Å². The third kappa shape index (κ3) is 5.44. The molecule has 2 aromatic carbocycles. The molecule has 26 heavy (non-hydrogen) atoms. The van der Waals surface area contributed by atoms with Crippen LogP contribution in [0, 0.1) is 6.92 Å². The van der Waals surface area contributed by atoms with Crippen LogP contribution in [0.3, 0.4) is 0 Å². The molecule has 0 saturated heterocycles. The number of rotatable bonds is 6. The van der Waals surface area contributed by atoms with Gasteiger partial charge >= 0.3 is 11.8 Å². The highest BCUT2D eigenvalue weighted by atomic mass is 16.5. The highest BCUT2D eigenvalue weighted by molar-refractivity contribution is 6.35. The number of hydrogen-bond acceptors (Lipinski definition) is 4. The van der Waals surface area contributed by atoms with Gasteiger partial charge in [-0.2, -0.15) is 5.10 Å². The Morgan fingerprint density at radius 3 is 2.65 bits per heavy atom. The molecule has 0 aromatic heterocycles. The van der Waals surface area contributed by atoms with Gasteiger partial charge in [-0.15, -0.1) is 0 Å². The largest absolute Gasteiger partial charge is 0.489 e. The van der Waals surface area contributed by atoms with E-state index in [0.29, 0.717) is 12.4 Å². The molecular formula is C20H21N3O3. The van der Waals surface area contributed by atoms with Crippen molar-refractivity contribution in [1.29, 1.82) is 0 Å². The summed E-state index contributed by atoms with van der Waals surface area (Å²) in [5.41, 5.74) is 5.28. The van der Waals surface area contributed by atoms with E-state index in [9.17, 15) is 9.59 Å². The van der Waals surface area contributed by atoms with Crippen LogP contribution >= 0.6 is 0 Å². The maximum atomic E-state index is 11.6. The van der Waals surface area contributed by atoms with E-state index in [-0.39, 0.29) is 6.04 Å². The number of nitrogens with one attached hydrogen (secondary N) is 2. The summed E-state index contributed by atoms with van der Waals surface area (Å²) in [5, 5.41) is 6.42. The predicted molar refractivity (Wildman–Crippen MR) is 98.9 cm³/mol. The van der Waals surface area contributed by atoms with Gasteiger partial charge in [0.2, 0.25) is 0 Å². The second kappa shape index (κ2) is 8.29. The summed E-state index contributed by atoms with van der Waals surface area (Å²) in [7, 11) is 0. The van der Waals surface area contributed by atoms with Crippen LogP contribution in [-0.4, -0.2) is 24.1 Å².